The van der Waals surface area contributed by atoms with Crippen molar-refractivity contribution in [2.24, 2.45) is 5.92 Å². The summed E-state index contributed by atoms with van der Waals surface area (Å²) in [6.45, 7) is 4.62. The molecule has 1 saturated heterocycles. The second-order valence-corrected chi connectivity index (χ2v) is 4.13. The number of piperidine rings is 1. The lowest BCUT2D eigenvalue weighted by Crippen LogP contribution is -2.34. The van der Waals surface area contributed by atoms with E-state index in [1.54, 1.807) is 0 Å². The molecule has 15 heavy (non-hydrogen) atoms. The molecule has 1 aromatic rings. The van der Waals surface area contributed by atoms with Crippen LogP contribution in [-0.4, -0.2) is 23.1 Å². The highest BCUT2D eigenvalue weighted by Crippen LogP contribution is 2.17. The highest BCUT2D eigenvalue weighted by atomic mass is 16.5. The van der Waals surface area contributed by atoms with Crippen LogP contribution in [0.4, 0.5) is 0 Å². The van der Waals surface area contributed by atoms with Crippen LogP contribution in [-0.2, 0) is 6.54 Å². The van der Waals surface area contributed by atoms with E-state index in [0.717, 1.165) is 43.9 Å². The molecule has 4 nitrogen and oxygen atoms in total. The lowest BCUT2D eigenvalue weighted by atomic mass is 10.00. The van der Waals surface area contributed by atoms with Crippen molar-refractivity contribution in [3.05, 3.63) is 17.5 Å². The number of rotatable bonds is 2. The third-order valence-electron chi connectivity index (χ3n) is 2.75. The Morgan fingerprint density at radius 3 is 3.27 bits per heavy atom. The zero-order chi connectivity index (χ0) is 10.7. The second kappa shape index (κ2) is 4.45. The van der Waals surface area contributed by atoms with Gasteiger partial charge in [-0.15, -0.1) is 0 Å². The molecular formula is C11H15N3O. The Hall–Kier alpha value is -1.34. The van der Waals surface area contributed by atoms with Gasteiger partial charge in [0.25, 0.3) is 0 Å². The summed E-state index contributed by atoms with van der Waals surface area (Å²) < 4.78 is 5.02. The molecule has 2 heterocycles. The van der Waals surface area contributed by atoms with E-state index >= 15 is 0 Å². The highest BCUT2D eigenvalue weighted by Gasteiger charge is 2.20. The Morgan fingerprint density at radius 2 is 2.60 bits per heavy atom. The van der Waals surface area contributed by atoms with Crippen LogP contribution in [0.3, 0.4) is 0 Å². The fourth-order valence-electron chi connectivity index (χ4n) is 2.03. The van der Waals surface area contributed by atoms with Crippen molar-refractivity contribution in [1.29, 1.82) is 5.26 Å². The molecule has 0 bridgehead atoms. The highest BCUT2D eigenvalue weighted by molar-refractivity contribution is 5.03. The van der Waals surface area contributed by atoms with E-state index in [2.05, 4.69) is 16.1 Å². The van der Waals surface area contributed by atoms with Crippen LogP contribution >= 0.6 is 0 Å². The number of nitrogens with zero attached hydrogens (tertiary/aromatic N) is 3. The Morgan fingerprint density at radius 1 is 1.73 bits per heavy atom. The van der Waals surface area contributed by atoms with E-state index in [0.29, 0.717) is 0 Å². The van der Waals surface area contributed by atoms with Gasteiger partial charge in [0.15, 0.2) is 0 Å². The standard InChI is InChI=1S/C11H15N3O/c1-9-5-11(13-15-9)8-14-4-2-3-10(6-12)7-14/h5,10H,2-4,7-8H2,1H3/t10-/m1/s1. The number of likely N-dealkylation sites (tertiary alicyclic amines) is 1. The number of hydrogen-bond donors (Lipinski definition) is 0. The lowest BCUT2D eigenvalue weighted by molar-refractivity contribution is 0.187. The molecule has 80 valence electrons. The maximum atomic E-state index is 8.87. The van der Waals surface area contributed by atoms with E-state index in [4.69, 9.17) is 9.78 Å². The minimum atomic E-state index is 0.187. The van der Waals surface area contributed by atoms with Crippen molar-refractivity contribution < 1.29 is 4.52 Å². The van der Waals surface area contributed by atoms with Gasteiger partial charge in [-0.05, 0) is 26.3 Å². The fourth-order valence-corrected chi connectivity index (χ4v) is 2.03. The molecule has 0 aliphatic carbocycles. The quantitative estimate of drug-likeness (QED) is 0.737. The summed E-state index contributed by atoms with van der Waals surface area (Å²) in [5, 5.41) is 12.8. The number of nitriles is 1. The molecule has 1 aromatic heterocycles. The van der Waals surface area contributed by atoms with Gasteiger partial charge in [-0.3, -0.25) is 4.90 Å². The van der Waals surface area contributed by atoms with Gasteiger partial charge < -0.3 is 4.52 Å². The molecule has 0 amide bonds. The second-order valence-electron chi connectivity index (χ2n) is 4.13. The van der Waals surface area contributed by atoms with E-state index in [1.165, 1.54) is 0 Å². The topological polar surface area (TPSA) is 53.1 Å². The molecule has 1 aliphatic rings. The van der Waals surface area contributed by atoms with Crippen LogP contribution < -0.4 is 0 Å². The molecule has 1 atom stereocenters. The maximum Gasteiger partial charge on any atom is 0.133 e. The molecular weight excluding hydrogens is 190 g/mol. The molecule has 4 heteroatoms. The maximum absolute atomic E-state index is 8.87. The van der Waals surface area contributed by atoms with Crippen molar-refractivity contribution in [3.8, 4) is 6.07 Å². The summed E-state index contributed by atoms with van der Waals surface area (Å²) in [5.41, 5.74) is 0.964. The van der Waals surface area contributed by atoms with Crippen molar-refractivity contribution >= 4 is 0 Å². The Kier molecular flexibility index (Phi) is 3.02. The molecule has 0 aromatic carbocycles. The van der Waals surface area contributed by atoms with Crippen molar-refractivity contribution in [2.45, 2.75) is 26.3 Å². The summed E-state index contributed by atoms with van der Waals surface area (Å²) >= 11 is 0. The third kappa shape index (κ3) is 2.57. The molecule has 2 rings (SSSR count). The molecule has 0 spiro atoms. The molecule has 0 unspecified atom stereocenters. The normalized spacial score (nSPS) is 22.5. The zero-order valence-corrected chi connectivity index (χ0v) is 8.94. The van der Waals surface area contributed by atoms with Crippen molar-refractivity contribution in [3.63, 3.8) is 0 Å². The van der Waals surface area contributed by atoms with Gasteiger partial charge in [0, 0.05) is 19.2 Å². The first-order valence-corrected chi connectivity index (χ1v) is 5.32. The van der Waals surface area contributed by atoms with Crippen molar-refractivity contribution in [1.82, 2.24) is 10.1 Å². The molecule has 0 radical (unpaired) electrons. The Labute approximate surface area is 89.5 Å². The summed E-state index contributed by atoms with van der Waals surface area (Å²) in [5.74, 6) is 1.03. The van der Waals surface area contributed by atoms with Gasteiger partial charge in [0.1, 0.15) is 5.76 Å². The van der Waals surface area contributed by atoms with Gasteiger partial charge >= 0.3 is 0 Å². The minimum Gasteiger partial charge on any atom is -0.361 e. The van der Waals surface area contributed by atoms with Crippen LogP contribution in [0.1, 0.15) is 24.3 Å². The third-order valence-corrected chi connectivity index (χ3v) is 2.75. The lowest BCUT2D eigenvalue weighted by Gasteiger charge is -2.28. The summed E-state index contributed by atoms with van der Waals surface area (Å²) in [7, 11) is 0. The molecule has 1 aliphatic heterocycles. The zero-order valence-electron chi connectivity index (χ0n) is 8.94. The van der Waals surface area contributed by atoms with E-state index in [-0.39, 0.29) is 5.92 Å². The van der Waals surface area contributed by atoms with Crippen molar-refractivity contribution in [2.75, 3.05) is 13.1 Å². The first-order valence-electron chi connectivity index (χ1n) is 5.32. The average molecular weight is 205 g/mol. The summed E-state index contributed by atoms with van der Waals surface area (Å²) in [6, 6.07) is 4.29. The van der Waals surface area contributed by atoms with Crippen LogP contribution in [0, 0.1) is 24.2 Å². The van der Waals surface area contributed by atoms with Crippen LogP contribution in [0.25, 0.3) is 0 Å². The Balaban J connectivity index is 1.92. The van der Waals surface area contributed by atoms with Gasteiger partial charge in [-0.2, -0.15) is 5.26 Å². The van der Waals surface area contributed by atoms with E-state index in [1.807, 2.05) is 13.0 Å². The SMILES string of the molecule is Cc1cc(CN2CCC[C@H](C#N)C2)no1. The van der Waals surface area contributed by atoms with Gasteiger partial charge in [0.05, 0.1) is 17.7 Å². The first-order chi connectivity index (χ1) is 7.28. The van der Waals surface area contributed by atoms with Crippen LogP contribution in [0.5, 0.6) is 0 Å². The molecule has 0 saturated carbocycles. The monoisotopic (exact) mass is 205 g/mol. The average Bonchev–Trinajstić information content (AvgIpc) is 2.64. The van der Waals surface area contributed by atoms with Gasteiger partial charge in [-0.1, -0.05) is 5.16 Å². The fraction of sp³-hybridized carbons (Fsp3) is 0.636. The van der Waals surface area contributed by atoms with Gasteiger partial charge in [-0.25, -0.2) is 0 Å². The molecule has 1 fully saturated rings. The van der Waals surface area contributed by atoms with Crippen LogP contribution in [0.2, 0.25) is 0 Å². The van der Waals surface area contributed by atoms with Crippen LogP contribution in [0.15, 0.2) is 10.6 Å². The number of aryl methyl sites for hydroxylation is 1. The largest absolute Gasteiger partial charge is 0.361 e. The molecule has 0 N–H and O–H groups in total. The Bertz CT molecular complexity index is 366. The predicted molar refractivity (Wildman–Crippen MR) is 54.9 cm³/mol. The summed E-state index contributed by atoms with van der Waals surface area (Å²) in [4.78, 5) is 2.27. The minimum absolute atomic E-state index is 0.187. The first kappa shape index (κ1) is 10.2. The number of hydrogen-bond acceptors (Lipinski definition) is 4. The van der Waals surface area contributed by atoms with E-state index in [9.17, 15) is 0 Å². The smallest absolute Gasteiger partial charge is 0.133 e. The number of aromatic nitrogens is 1. The van der Waals surface area contributed by atoms with E-state index < -0.39 is 0 Å². The summed E-state index contributed by atoms with van der Waals surface area (Å²) in [6.07, 6.45) is 2.14. The predicted octanol–water partition coefficient (Wildman–Crippen LogP) is 1.72. The van der Waals surface area contributed by atoms with Gasteiger partial charge in [0.2, 0.25) is 0 Å².